The molecule has 21 heavy (non-hydrogen) atoms. The topological polar surface area (TPSA) is 88.7 Å². The summed E-state index contributed by atoms with van der Waals surface area (Å²) in [6, 6.07) is 3.36. The molecule has 2 rings (SSSR count). The van der Waals surface area contributed by atoms with E-state index in [0.717, 1.165) is 5.56 Å². The fourth-order valence-electron chi connectivity index (χ4n) is 1.77. The lowest BCUT2D eigenvalue weighted by Gasteiger charge is -2.14. The molecule has 0 atom stereocenters. The summed E-state index contributed by atoms with van der Waals surface area (Å²) in [5.41, 5.74) is 6.33. The van der Waals surface area contributed by atoms with Gasteiger partial charge >= 0.3 is 0 Å². The average molecular weight is 291 g/mol. The summed E-state index contributed by atoms with van der Waals surface area (Å²) in [5.74, 6) is 2.48. The molecule has 0 fully saturated rings. The van der Waals surface area contributed by atoms with Gasteiger partial charge in [0.25, 0.3) is 0 Å². The Labute approximate surface area is 122 Å². The van der Waals surface area contributed by atoms with Crippen LogP contribution in [0.5, 0.6) is 28.9 Å². The summed E-state index contributed by atoms with van der Waals surface area (Å²) in [7, 11) is 4.61. The molecule has 0 aliphatic rings. The van der Waals surface area contributed by atoms with Gasteiger partial charge in [-0.05, 0) is 6.92 Å². The van der Waals surface area contributed by atoms with Gasteiger partial charge in [-0.25, -0.2) is 4.98 Å². The predicted molar refractivity (Wildman–Crippen MR) is 77.4 cm³/mol. The fourth-order valence-corrected chi connectivity index (χ4v) is 1.77. The molecule has 7 nitrogen and oxygen atoms in total. The molecule has 0 saturated carbocycles. The lowest BCUT2D eigenvalue weighted by Crippen LogP contribution is -2.00. The molecule has 1 aromatic carbocycles. The maximum absolute atomic E-state index is 5.73. The van der Waals surface area contributed by atoms with E-state index < -0.39 is 0 Å². The molecule has 0 amide bonds. The Morgan fingerprint density at radius 3 is 2.14 bits per heavy atom. The minimum absolute atomic E-state index is 0.142. The number of hydrogen-bond donors (Lipinski definition) is 1. The molecule has 0 saturated heterocycles. The van der Waals surface area contributed by atoms with Crippen molar-refractivity contribution in [1.29, 1.82) is 0 Å². The molecule has 0 radical (unpaired) electrons. The molecule has 1 aromatic heterocycles. The van der Waals surface area contributed by atoms with Crippen LogP contribution in [-0.2, 0) is 0 Å². The van der Waals surface area contributed by atoms with E-state index in [9.17, 15) is 0 Å². The third kappa shape index (κ3) is 3.07. The zero-order valence-corrected chi connectivity index (χ0v) is 12.3. The number of benzene rings is 1. The number of hydrogen-bond acceptors (Lipinski definition) is 7. The molecule has 0 bridgehead atoms. The van der Waals surface area contributed by atoms with Crippen LogP contribution in [0.3, 0.4) is 0 Å². The minimum Gasteiger partial charge on any atom is -0.493 e. The number of ether oxygens (including phenoxy) is 4. The molecule has 7 heteroatoms. The monoisotopic (exact) mass is 291 g/mol. The number of methoxy groups -OCH3 is 3. The molecule has 0 aliphatic carbocycles. The van der Waals surface area contributed by atoms with Gasteiger partial charge in [-0.2, -0.15) is 4.98 Å². The Hall–Kier alpha value is -2.70. The second kappa shape index (κ2) is 6.17. The zero-order valence-electron chi connectivity index (χ0n) is 12.3. The first kappa shape index (κ1) is 14.7. The number of nitrogens with two attached hydrogens (primary N) is 1. The summed E-state index contributed by atoms with van der Waals surface area (Å²) in [4.78, 5) is 7.95. The maximum atomic E-state index is 5.73. The van der Waals surface area contributed by atoms with Gasteiger partial charge < -0.3 is 24.7 Å². The molecule has 2 aromatic rings. The van der Waals surface area contributed by atoms with E-state index in [4.69, 9.17) is 24.7 Å². The van der Waals surface area contributed by atoms with Gasteiger partial charge in [-0.15, -0.1) is 0 Å². The van der Waals surface area contributed by atoms with E-state index in [0.29, 0.717) is 28.9 Å². The zero-order chi connectivity index (χ0) is 15.4. The van der Waals surface area contributed by atoms with Crippen molar-refractivity contribution >= 4 is 5.95 Å². The van der Waals surface area contributed by atoms with E-state index in [1.807, 2.05) is 6.92 Å². The SMILES string of the molecule is COc1cc(Oc2nc(N)ncc2C)cc(OC)c1OC. The van der Waals surface area contributed by atoms with Crippen LogP contribution in [-0.4, -0.2) is 31.3 Å². The van der Waals surface area contributed by atoms with E-state index >= 15 is 0 Å². The molecule has 0 spiro atoms. The first-order valence-corrected chi connectivity index (χ1v) is 6.16. The quantitative estimate of drug-likeness (QED) is 0.903. The summed E-state index contributed by atoms with van der Waals surface area (Å²) in [6.07, 6.45) is 1.59. The Balaban J connectivity index is 2.42. The second-order valence-corrected chi connectivity index (χ2v) is 4.18. The van der Waals surface area contributed by atoms with Crippen LogP contribution < -0.4 is 24.7 Å². The summed E-state index contributed by atoms with van der Waals surface area (Å²) in [5, 5.41) is 0. The van der Waals surface area contributed by atoms with Crippen molar-refractivity contribution in [2.45, 2.75) is 6.92 Å². The normalized spacial score (nSPS) is 10.1. The van der Waals surface area contributed by atoms with Crippen LogP contribution in [0.4, 0.5) is 5.95 Å². The van der Waals surface area contributed by atoms with Gasteiger partial charge in [0.15, 0.2) is 11.5 Å². The number of aryl methyl sites for hydroxylation is 1. The highest BCUT2D eigenvalue weighted by atomic mass is 16.5. The number of aromatic nitrogens is 2. The van der Waals surface area contributed by atoms with E-state index in [-0.39, 0.29) is 5.95 Å². The fraction of sp³-hybridized carbons (Fsp3) is 0.286. The van der Waals surface area contributed by atoms with E-state index in [1.165, 1.54) is 21.3 Å². The first-order chi connectivity index (χ1) is 10.1. The molecular formula is C14H17N3O4. The van der Waals surface area contributed by atoms with E-state index in [1.54, 1.807) is 18.3 Å². The van der Waals surface area contributed by atoms with Crippen LogP contribution in [0.25, 0.3) is 0 Å². The first-order valence-electron chi connectivity index (χ1n) is 6.16. The van der Waals surface area contributed by atoms with Gasteiger partial charge in [-0.3, -0.25) is 0 Å². The highest BCUT2D eigenvalue weighted by Gasteiger charge is 2.15. The second-order valence-electron chi connectivity index (χ2n) is 4.18. The number of nitrogen functional groups attached to an aromatic ring is 1. The van der Waals surface area contributed by atoms with Gasteiger partial charge in [0.1, 0.15) is 5.75 Å². The van der Waals surface area contributed by atoms with Crippen molar-refractivity contribution < 1.29 is 18.9 Å². The van der Waals surface area contributed by atoms with Crippen molar-refractivity contribution in [2.24, 2.45) is 0 Å². The minimum atomic E-state index is 0.142. The highest BCUT2D eigenvalue weighted by molar-refractivity contribution is 5.56. The lowest BCUT2D eigenvalue weighted by molar-refractivity contribution is 0.320. The van der Waals surface area contributed by atoms with Gasteiger partial charge in [0.2, 0.25) is 17.6 Å². The summed E-state index contributed by atoms with van der Waals surface area (Å²) < 4.78 is 21.5. The molecule has 112 valence electrons. The summed E-state index contributed by atoms with van der Waals surface area (Å²) >= 11 is 0. The summed E-state index contributed by atoms with van der Waals surface area (Å²) in [6.45, 7) is 1.83. The molecule has 0 aliphatic heterocycles. The van der Waals surface area contributed by atoms with Crippen molar-refractivity contribution in [1.82, 2.24) is 9.97 Å². The van der Waals surface area contributed by atoms with Crippen LogP contribution in [0.15, 0.2) is 18.3 Å². The van der Waals surface area contributed by atoms with Crippen LogP contribution in [0.1, 0.15) is 5.56 Å². The standard InChI is InChI=1S/C14H17N3O4/c1-8-7-16-14(15)17-13(8)21-9-5-10(18-2)12(20-4)11(6-9)19-3/h5-7H,1-4H3,(H2,15,16,17). The molecule has 2 N–H and O–H groups in total. The van der Waals surface area contributed by atoms with Gasteiger partial charge in [-0.1, -0.05) is 0 Å². The van der Waals surface area contributed by atoms with Crippen LogP contribution in [0.2, 0.25) is 0 Å². The van der Waals surface area contributed by atoms with E-state index in [2.05, 4.69) is 9.97 Å². The van der Waals surface area contributed by atoms with Gasteiger partial charge in [0, 0.05) is 23.9 Å². The smallest absolute Gasteiger partial charge is 0.226 e. The van der Waals surface area contributed by atoms with Crippen molar-refractivity contribution in [3.8, 4) is 28.9 Å². The molecule has 1 heterocycles. The number of nitrogens with zero attached hydrogens (tertiary/aromatic N) is 2. The Kier molecular flexibility index (Phi) is 4.32. The van der Waals surface area contributed by atoms with Crippen molar-refractivity contribution in [3.63, 3.8) is 0 Å². The van der Waals surface area contributed by atoms with Crippen molar-refractivity contribution in [2.75, 3.05) is 27.1 Å². The average Bonchev–Trinajstić information content (AvgIpc) is 2.49. The Bertz CT molecular complexity index is 621. The predicted octanol–water partition coefficient (Wildman–Crippen LogP) is 2.19. The Morgan fingerprint density at radius 2 is 1.62 bits per heavy atom. The van der Waals surface area contributed by atoms with Crippen LogP contribution in [0, 0.1) is 6.92 Å². The largest absolute Gasteiger partial charge is 0.493 e. The van der Waals surface area contributed by atoms with Gasteiger partial charge in [0.05, 0.1) is 21.3 Å². The number of rotatable bonds is 5. The van der Waals surface area contributed by atoms with Crippen LogP contribution >= 0.6 is 0 Å². The third-order valence-electron chi connectivity index (χ3n) is 2.80. The lowest BCUT2D eigenvalue weighted by atomic mass is 10.2. The molecular weight excluding hydrogens is 274 g/mol. The van der Waals surface area contributed by atoms with Crippen molar-refractivity contribution in [3.05, 3.63) is 23.9 Å². The maximum Gasteiger partial charge on any atom is 0.226 e. The third-order valence-corrected chi connectivity index (χ3v) is 2.80. The molecule has 0 unspecified atom stereocenters. The Morgan fingerprint density at radius 1 is 1.00 bits per heavy atom. The number of anilines is 1. The highest BCUT2D eigenvalue weighted by Crippen LogP contribution is 2.41.